The molecule has 2 aromatic carbocycles. The summed E-state index contributed by atoms with van der Waals surface area (Å²) < 4.78 is 47.8. The SMILES string of the molecule is CCCOc1ccc2c(C(N3NC(=O)CC3(C)C)C(F)(F)F)cccc2c1. The first-order valence-electron chi connectivity index (χ1n) is 8.94. The maximum absolute atomic E-state index is 14.1. The van der Waals surface area contributed by atoms with E-state index in [0.29, 0.717) is 23.1 Å². The summed E-state index contributed by atoms with van der Waals surface area (Å²) in [4.78, 5) is 11.8. The summed E-state index contributed by atoms with van der Waals surface area (Å²) in [5.74, 6) is 0.213. The number of hydrazine groups is 1. The van der Waals surface area contributed by atoms with Crippen LogP contribution in [0.3, 0.4) is 0 Å². The Morgan fingerprint density at radius 3 is 2.59 bits per heavy atom. The summed E-state index contributed by atoms with van der Waals surface area (Å²) in [7, 11) is 0. The molecule has 1 saturated heterocycles. The number of nitrogens with one attached hydrogen (secondary N) is 1. The lowest BCUT2D eigenvalue weighted by Crippen LogP contribution is -2.51. The Morgan fingerprint density at radius 1 is 1.26 bits per heavy atom. The third kappa shape index (κ3) is 3.88. The zero-order chi connectivity index (χ0) is 19.8. The van der Waals surface area contributed by atoms with Gasteiger partial charge in [0.2, 0.25) is 5.91 Å². The Morgan fingerprint density at radius 2 is 2.00 bits per heavy atom. The quantitative estimate of drug-likeness (QED) is 0.814. The number of nitrogens with zero attached hydrogens (tertiary/aromatic N) is 1. The molecular formula is C20H23F3N2O2. The van der Waals surface area contributed by atoms with Gasteiger partial charge in [-0.3, -0.25) is 10.2 Å². The van der Waals surface area contributed by atoms with E-state index in [2.05, 4.69) is 5.43 Å². The number of amides is 1. The van der Waals surface area contributed by atoms with Gasteiger partial charge in [-0.25, -0.2) is 0 Å². The van der Waals surface area contributed by atoms with Crippen LogP contribution in [0.2, 0.25) is 0 Å². The molecule has 0 radical (unpaired) electrons. The van der Waals surface area contributed by atoms with Crippen LogP contribution in [-0.2, 0) is 4.79 Å². The molecule has 146 valence electrons. The number of hydrogen-bond donors (Lipinski definition) is 1. The second-order valence-electron chi connectivity index (χ2n) is 7.42. The Labute approximate surface area is 156 Å². The van der Waals surface area contributed by atoms with E-state index in [0.717, 1.165) is 11.4 Å². The summed E-state index contributed by atoms with van der Waals surface area (Å²) in [5, 5.41) is 2.19. The fraction of sp³-hybridized carbons (Fsp3) is 0.450. The summed E-state index contributed by atoms with van der Waals surface area (Å²) >= 11 is 0. The fourth-order valence-electron chi connectivity index (χ4n) is 3.51. The molecule has 1 amide bonds. The Balaban J connectivity index is 2.10. The van der Waals surface area contributed by atoms with Crippen LogP contribution >= 0.6 is 0 Å². The molecule has 2 aromatic rings. The number of halogens is 3. The standard InChI is InChI=1S/C20H23F3N2O2/c1-4-10-27-14-8-9-15-13(11-14)6-5-7-16(15)18(20(21,22)23)25-19(2,3)12-17(26)24-25/h5-9,11,18H,4,10,12H2,1-3H3,(H,24,26). The van der Waals surface area contributed by atoms with Gasteiger partial charge >= 0.3 is 6.18 Å². The lowest BCUT2D eigenvalue weighted by atomic mass is 9.93. The Bertz CT molecular complexity index is 849. The Hall–Kier alpha value is -2.28. The minimum Gasteiger partial charge on any atom is -0.494 e. The molecule has 1 fully saturated rings. The molecule has 7 heteroatoms. The van der Waals surface area contributed by atoms with Gasteiger partial charge in [-0.2, -0.15) is 18.2 Å². The molecule has 27 heavy (non-hydrogen) atoms. The van der Waals surface area contributed by atoms with Crippen LogP contribution in [0.5, 0.6) is 5.75 Å². The molecule has 1 aliphatic heterocycles. The predicted molar refractivity (Wildman–Crippen MR) is 97.2 cm³/mol. The first-order chi connectivity index (χ1) is 12.6. The molecule has 4 nitrogen and oxygen atoms in total. The molecule has 1 heterocycles. The molecule has 3 rings (SSSR count). The number of carbonyl (C=O) groups excluding carboxylic acids is 1. The van der Waals surface area contributed by atoms with Gasteiger partial charge in [-0.05, 0) is 48.7 Å². The van der Waals surface area contributed by atoms with Crippen LogP contribution in [0.15, 0.2) is 36.4 Å². The molecule has 0 spiro atoms. The molecular weight excluding hydrogens is 357 g/mol. The van der Waals surface area contributed by atoms with Crippen molar-refractivity contribution in [1.29, 1.82) is 0 Å². The van der Waals surface area contributed by atoms with Crippen molar-refractivity contribution < 1.29 is 22.7 Å². The lowest BCUT2D eigenvalue weighted by molar-refractivity contribution is -0.203. The number of benzene rings is 2. The maximum atomic E-state index is 14.1. The summed E-state index contributed by atoms with van der Waals surface area (Å²) in [5.41, 5.74) is 1.56. The van der Waals surface area contributed by atoms with Crippen molar-refractivity contribution in [2.75, 3.05) is 6.61 Å². The number of carbonyl (C=O) groups is 1. The summed E-state index contributed by atoms with van der Waals surface area (Å²) in [6, 6.07) is 7.97. The molecule has 1 unspecified atom stereocenters. The highest BCUT2D eigenvalue weighted by Crippen LogP contribution is 2.44. The summed E-state index contributed by atoms with van der Waals surface area (Å²) in [6.45, 7) is 5.79. The highest BCUT2D eigenvalue weighted by molar-refractivity contribution is 5.87. The molecule has 1 aliphatic rings. The van der Waals surface area contributed by atoms with E-state index < -0.39 is 23.7 Å². The van der Waals surface area contributed by atoms with Gasteiger partial charge in [-0.1, -0.05) is 31.2 Å². The second kappa shape index (κ2) is 7.03. The number of alkyl halides is 3. The van der Waals surface area contributed by atoms with E-state index in [9.17, 15) is 18.0 Å². The fourth-order valence-corrected chi connectivity index (χ4v) is 3.51. The minimum atomic E-state index is -4.56. The van der Waals surface area contributed by atoms with Crippen LogP contribution < -0.4 is 10.2 Å². The normalized spacial score (nSPS) is 18.5. The maximum Gasteiger partial charge on any atom is 0.409 e. The average Bonchev–Trinajstić information content (AvgIpc) is 2.84. The van der Waals surface area contributed by atoms with Gasteiger partial charge in [0.05, 0.1) is 6.61 Å². The van der Waals surface area contributed by atoms with Gasteiger partial charge in [0.1, 0.15) is 5.75 Å². The van der Waals surface area contributed by atoms with E-state index in [1.54, 1.807) is 44.2 Å². The second-order valence-corrected chi connectivity index (χ2v) is 7.42. The van der Waals surface area contributed by atoms with Crippen LogP contribution in [-0.4, -0.2) is 29.2 Å². The van der Waals surface area contributed by atoms with Crippen LogP contribution in [0.1, 0.15) is 45.2 Å². The molecule has 1 N–H and O–H groups in total. The highest BCUT2D eigenvalue weighted by Gasteiger charge is 2.53. The topological polar surface area (TPSA) is 41.6 Å². The van der Waals surface area contributed by atoms with E-state index in [1.165, 1.54) is 6.07 Å². The third-order valence-electron chi connectivity index (χ3n) is 4.71. The van der Waals surface area contributed by atoms with Gasteiger partial charge in [-0.15, -0.1) is 0 Å². The van der Waals surface area contributed by atoms with Gasteiger partial charge in [0.25, 0.3) is 0 Å². The molecule has 0 saturated carbocycles. The van der Waals surface area contributed by atoms with Crippen LogP contribution in [0, 0.1) is 0 Å². The van der Waals surface area contributed by atoms with Gasteiger partial charge < -0.3 is 4.74 Å². The minimum absolute atomic E-state index is 0.0132. The first kappa shape index (κ1) is 19.5. The zero-order valence-electron chi connectivity index (χ0n) is 15.6. The van der Waals surface area contributed by atoms with E-state index in [-0.39, 0.29) is 12.0 Å². The molecule has 0 aliphatic carbocycles. The number of rotatable bonds is 5. The van der Waals surface area contributed by atoms with E-state index in [4.69, 9.17) is 4.74 Å². The molecule has 0 aromatic heterocycles. The van der Waals surface area contributed by atoms with Gasteiger partial charge in [0.15, 0.2) is 6.04 Å². The van der Waals surface area contributed by atoms with Crippen molar-refractivity contribution in [3.8, 4) is 5.75 Å². The number of hydrogen-bond acceptors (Lipinski definition) is 3. The monoisotopic (exact) mass is 380 g/mol. The number of fused-ring (bicyclic) bond motifs is 1. The summed E-state index contributed by atoms with van der Waals surface area (Å²) in [6.07, 6.45) is -3.70. The van der Waals surface area contributed by atoms with Crippen LogP contribution in [0.25, 0.3) is 10.8 Å². The largest absolute Gasteiger partial charge is 0.494 e. The average molecular weight is 380 g/mol. The smallest absolute Gasteiger partial charge is 0.409 e. The number of ether oxygens (including phenoxy) is 1. The van der Waals surface area contributed by atoms with Crippen molar-refractivity contribution >= 4 is 16.7 Å². The van der Waals surface area contributed by atoms with Crippen molar-refractivity contribution in [2.24, 2.45) is 0 Å². The lowest BCUT2D eigenvalue weighted by Gasteiger charge is -2.38. The third-order valence-corrected chi connectivity index (χ3v) is 4.71. The molecule has 1 atom stereocenters. The first-order valence-corrected chi connectivity index (χ1v) is 8.94. The highest BCUT2D eigenvalue weighted by atomic mass is 19.4. The Kier molecular flexibility index (Phi) is 5.08. The van der Waals surface area contributed by atoms with Crippen molar-refractivity contribution in [3.05, 3.63) is 42.0 Å². The van der Waals surface area contributed by atoms with E-state index >= 15 is 0 Å². The van der Waals surface area contributed by atoms with Crippen molar-refractivity contribution in [1.82, 2.24) is 10.4 Å². The van der Waals surface area contributed by atoms with Crippen molar-refractivity contribution in [2.45, 2.75) is 51.4 Å². The van der Waals surface area contributed by atoms with Crippen LogP contribution in [0.4, 0.5) is 13.2 Å². The van der Waals surface area contributed by atoms with E-state index in [1.807, 2.05) is 6.92 Å². The zero-order valence-corrected chi connectivity index (χ0v) is 15.6. The van der Waals surface area contributed by atoms with Gasteiger partial charge in [0, 0.05) is 12.0 Å². The molecule has 0 bridgehead atoms. The van der Waals surface area contributed by atoms with Crippen molar-refractivity contribution in [3.63, 3.8) is 0 Å². The predicted octanol–water partition coefficient (Wildman–Crippen LogP) is 4.75.